The maximum Gasteiger partial charge on any atom is 0.316 e. The van der Waals surface area contributed by atoms with Crippen molar-refractivity contribution in [2.24, 2.45) is 0 Å². The fourth-order valence-corrected chi connectivity index (χ4v) is 4.21. The number of ether oxygens (including phenoxy) is 1. The lowest BCUT2D eigenvalue weighted by Gasteiger charge is -2.15. The number of carbonyl (C=O) groups excluding carboxylic acids is 1. The summed E-state index contributed by atoms with van der Waals surface area (Å²) in [5.74, 6) is 0.463. The van der Waals surface area contributed by atoms with Gasteiger partial charge in [-0.25, -0.2) is 0 Å². The van der Waals surface area contributed by atoms with Crippen molar-refractivity contribution in [1.82, 2.24) is 14.8 Å². The first-order valence-corrected chi connectivity index (χ1v) is 9.77. The SMILES string of the molecule is COC(=O)CSc1nncn1-c1c(Cl)cc(C2CC2)c2ccc(C)cc12. The zero-order valence-corrected chi connectivity index (χ0v) is 16.1. The number of thioether (sulfide) groups is 1. The number of hydrogen-bond acceptors (Lipinski definition) is 5. The Morgan fingerprint density at radius 1 is 1.35 bits per heavy atom. The normalized spacial score (nSPS) is 14.0. The topological polar surface area (TPSA) is 57.0 Å². The van der Waals surface area contributed by atoms with E-state index in [2.05, 4.69) is 41.4 Å². The number of hydrogen-bond donors (Lipinski definition) is 0. The number of aryl methyl sites for hydroxylation is 1. The Balaban J connectivity index is 1.86. The highest BCUT2D eigenvalue weighted by atomic mass is 35.5. The molecule has 1 heterocycles. The van der Waals surface area contributed by atoms with Crippen molar-refractivity contribution in [2.75, 3.05) is 12.9 Å². The predicted molar refractivity (Wildman–Crippen MR) is 103 cm³/mol. The molecule has 5 nitrogen and oxygen atoms in total. The molecule has 0 amide bonds. The average molecular weight is 388 g/mol. The Labute approximate surface area is 160 Å². The van der Waals surface area contributed by atoms with E-state index < -0.39 is 0 Å². The van der Waals surface area contributed by atoms with E-state index >= 15 is 0 Å². The molecule has 0 N–H and O–H groups in total. The second kappa shape index (κ2) is 6.93. The predicted octanol–water partition coefficient (Wildman–Crippen LogP) is 4.52. The molecule has 0 bridgehead atoms. The van der Waals surface area contributed by atoms with E-state index in [0.717, 1.165) is 11.1 Å². The van der Waals surface area contributed by atoms with E-state index in [0.29, 0.717) is 16.1 Å². The van der Waals surface area contributed by atoms with Crippen LogP contribution in [0.5, 0.6) is 0 Å². The Hall–Kier alpha value is -2.05. The van der Waals surface area contributed by atoms with Crippen LogP contribution in [0.25, 0.3) is 16.5 Å². The van der Waals surface area contributed by atoms with Crippen LogP contribution in [-0.2, 0) is 9.53 Å². The minimum absolute atomic E-state index is 0.171. The molecule has 7 heteroatoms. The van der Waals surface area contributed by atoms with Gasteiger partial charge < -0.3 is 4.74 Å². The van der Waals surface area contributed by atoms with Crippen molar-refractivity contribution >= 4 is 40.1 Å². The van der Waals surface area contributed by atoms with Crippen molar-refractivity contribution in [3.05, 3.63) is 46.7 Å². The van der Waals surface area contributed by atoms with E-state index in [-0.39, 0.29) is 11.7 Å². The zero-order valence-electron chi connectivity index (χ0n) is 14.5. The van der Waals surface area contributed by atoms with E-state index in [1.807, 2.05) is 4.57 Å². The highest BCUT2D eigenvalue weighted by molar-refractivity contribution is 7.99. The van der Waals surface area contributed by atoms with Crippen molar-refractivity contribution in [1.29, 1.82) is 0 Å². The number of aromatic nitrogens is 3. The van der Waals surface area contributed by atoms with Crippen LogP contribution in [0.2, 0.25) is 5.02 Å². The molecule has 3 aromatic rings. The lowest BCUT2D eigenvalue weighted by atomic mass is 9.98. The maximum absolute atomic E-state index is 11.5. The Morgan fingerprint density at radius 3 is 2.88 bits per heavy atom. The molecule has 1 fully saturated rings. The number of benzene rings is 2. The summed E-state index contributed by atoms with van der Waals surface area (Å²) < 4.78 is 6.57. The van der Waals surface area contributed by atoms with Gasteiger partial charge >= 0.3 is 5.97 Å². The van der Waals surface area contributed by atoms with Gasteiger partial charge in [-0.05, 0) is 48.8 Å². The first-order valence-electron chi connectivity index (χ1n) is 8.41. The highest BCUT2D eigenvalue weighted by Crippen LogP contribution is 2.46. The van der Waals surface area contributed by atoms with Gasteiger partial charge in [0.2, 0.25) is 0 Å². The summed E-state index contributed by atoms with van der Waals surface area (Å²) in [5.41, 5.74) is 3.33. The number of nitrogens with zero attached hydrogens (tertiary/aromatic N) is 3. The number of halogens is 1. The zero-order chi connectivity index (χ0) is 18.3. The molecule has 0 radical (unpaired) electrons. The maximum atomic E-state index is 11.5. The molecule has 0 unspecified atom stereocenters. The third-order valence-corrected chi connectivity index (χ3v) is 5.78. The van der Waals surface area contributed by atoms with Crippen LogP contribution >= 0.6 is 23.4 Å². The summed E-state index contributed by atoms with van der Waals surface area (Å²) in [6, 6.07) is 8.52. The third-order valence-electron chi connectivity index (χ3n) is 4.57. The molecular formula is C19H18ClN3O2S. The highest BCUT2D eigenvalue weighted by Gasteiger charge is 2.27. The molecule has 0 aliphatic heterocycles. The summed E-state index contributed by atoms with van der Waals surface area (Å²) in [7, 11) is 1.37. The Bertz CT molecular complexity index is 998. The van der Waals surface area contributed by atoms with Gasteiger partial charge in [0.05, 0.1) is 23.6 Å². The number of fused-ring (bicyclic) bond motifs is 1. The van der Waals surface area contributed by atoms with Crippen LogP contribution in [0, 0.1) is 6.92 Å². The van der Waals surface area contributed by atoms with Crippen molar-refractivity contribution in [2.45, 2.75) is 30.8 Å². The molecule has 1 saturated carbocycles. The first kappa shape index (κ1) is 17.4. The van der Waals surface area contributed by atoms with Crippen molar-refractivity contribution in [3.63, 3.8) is 0 Å². The fraction of sp³-hybridized carbons (Fsp3) is 0.316. The second-order valence-electron chi connectivity index (χ2n) is 6.47. The largest absolute Gasteiger partial charge is 0.468 e. The van der Waals surface area contributed by atoms with Gasteiger partial charge in [-0.2, -0.15) is 0 Å². The molecule has 4 rings (SSSR count). The number of methoxy groups -OCH3 is 1. The first-order chi connectivity index (χ1) is 12.6. The molecular weight excluding hydrogens is 370 g/mol. The van der Waals surface area contributed by atoms with E-state index in [9.17, 15) is 4.79 Å². The smallest absolute Gasteiger partial charge is 0.316 e. The molecule has 1 aliphatic rings. The van der Waals surface area contributed by atoms with Crippen LogP contribution in [0.15, 0.2) is 35.7 Å². The van der Waals surface area contributed by atoms with Gasteiger partial charge in [-0.3, -0.25) is 9.36 Å². The molecule has 26 heavy (non-hydrogen) atoms. The minimum atomic E-state index is -0.305. The summed E-state index contributed by atoms with van der Waals surface area (Å²) in [6.45, 7) is 2.07. The molecule has 0 atom stereocenters. The Kier molecular flexibility index (Phi) is 4.63. The molecule has 1 aromatic heterocycles. The monoisotopic (exact) mass is 387 g/mol. The number of esters is 1. The van der Waals surface area contributed by atoms with Gasteiger partial charge in [0.1, 0.15) is 6.33 Å². The van der Waals surface area contributed by atoms with E-state index in [4.69, 9.17) is 16.3 Å². The fourth-order valence-electron chi connectivity index (χ4n) is 3.15. The summed E-state index contributed by atoms with van der Waals surface area (Å²) in [6.07, 6.45) is 4.07. The standard InChI is InChI=1S/C19H18ClN3O2S/c1-11-3-6-13-14(12-4-5-12)8-16(20)18(15(13)7-11)23-10-21-22-19(23)26-9-17(24)25-2/h3,6-8,10,12H,4-5,9H2,1-2H3. The second-order valence-corrected chi connectivity index (χ2v) is 7.82. The van der Waals surface area contributed by atoms with Crippen LogP contribution < -0.4 is 0 Å². The van der Waals surface area contributed by atoms with Crippen LogP contribution in [0.1, 0.15) is 29.9 Å². The minimum Gasteiger partial charge on any atom is -0.468 e. The molecule has 0 saturated heterocycles. The van der Waals surface area contributed by atoms with Crippen LogP contribution in [0.3, 0.4) is 0 Å². The number of rotatable bonds is 5. The third kappa shape index (κ3) is 3.19. The lowest BCUT2D eigenvalue weighted by molar-refractivity contribution is -0.137. The number of carbonyl (C=O) groups is 1. The molecule has 0 spiro atoms. The van der Waals surface area contributed by atoms with Crippen LogP contribution in [-0.4, -0.2) is 33.6 Å². The van der Waals surface area contributed by atoms with Crippen molar-refractivity contribution < 1.29 is 9.53 Å². The van der Waals surface area contributed by atoms with Gasteiger partial charge in [0.25, 0.3) is 0 Å². The summed E-state index contributed by atoms with van der Waals surface area (Å²) in [4.78, 5) is 11.5. The lowest BCUT2D eigenvalue weighted by Crippen LogP contribution is -2.05. The van der Waals surface area contributed by atoms with E-state index in [1.165, 1.54) is 48.2 Å². The molecule has 2 aromatic carbocycles. The molecule has 1 aliphatic carbocycles. The van der Waals surface area contributed by atoms with E-state index in [1.54, 1.807) is 6.33 Å². The van der Waals surface area contributed by atoms with Crippen molar-refractivity contribution in [3.8, 4) is 5.69 Å². The van der Waals surface area contributed by atoms with Gasteiger partial charge in [0, 0.05) is 5.39 Å². The summed E-state index contributed by atoms with van der Waals surface area (Å²) >= 11 is 7.99. The van der Waals surface area contributed by atoms with Crippen LogP contribution in [0.4, 0.5) is 0 Å². The quantitative estimate of drug-likeness (QED) is 0.475. The molecule has 134 valence electrons. The van der Waals surface area contributed by atoms with Gasteiger partial charge in [-0.15, -0.1) is 10.2 Å². The van der Waals surface area contributed by atoms with Gasteiger partial charge in [-0.1, -0.05) is 41.1 Å². The average Bonchev–Trinajstić information content (AvgIpc) is 3.38. The summed E-state index contributed by atoms with van der Waals surface area (Å²) in [5, 5.41) is 11.8. The Morgan fingerprint density at radius 2 is 2.15 bits per heavy atom. The van der Waals surface area contributed by atoms with Gasteiger partial charge in [0.15, 0.2) is 5.16 Å².